The minimum Gasteiger partial charge on any atom is -0.496 e. The van der Waals surface area contributed by atoms with E-state index in [1.165, 1.54) is 11.1 Å². The fraction of sp³-hybridized carbons (Fsp3) is 0.333. The lowest BCUT2D eigenvalue weighted by atomic mass is 9.83. The van der Waals surface area contributed by atoms with Gasteiger partial charge in [0.15, 0.2) is 34.5 Å². The van der Waals surface area contributed by atoms with Gasteiger partial charge in [-0.1, -0.05) is 0 Å². The molecule has 0 radical (unpaired) electrons. The van der Waals surface area contributed by atoms with Crippen molar-refractivity contribution < 1.29 is 48.0 Å². The predicted molar refractivity (Wildman–Crippen MR) is 169 cm³/mol. The summed E-state index contributed by atoms with van der Waals surface area (Å²) in [5, 5.41) is 0. The number of hydrogen-bond donors (Lipinski definition) is 0. The first-order valence-corrected chi connectivity index (χ1v) is 15.1. The Bertz CT molecular complexity index is 1700. The van der Waals surface area contributed by atoms with E-state index in [-0.39, 0.29) is 0 Å². The van der Waals surface area contributed by atoms with Crippen molar-refractivity contribution in [2.24, 2.45) is 0 Å². The van der Waals surface area contributed by atoms with Crippen molar-refractivity contribution in [1.82, 2.24) is 0 Å². The Morgan fingerprint density at radius 2 is 0.761 bits per heavy atom. The lowest BCUT2D eigenvalue weighted by molar-refractivity contribution is -0.195. The van der Waals surface area contributed by atoms with Crippen LogP contribution in [-0.4, -0.2) is 42.7 Å². The second-order valence-electron chi connectivity index (χ2n) is 11.3. The maximum Gasteiger partial charge on any atom is 0.175 e. The van der Waals surface area contributed by atoms with Gasteiger partial charge in [0.2, 0.25) is 0 Å². The lowest BCUT2D eigenvalue weighted by Crippen LogP contribution is -2.08. The molecule has 0 N–H and O–H groups in total. The molecule has 0 saturated heterocycles. The van der Waals surface area contributed by atoms with Gasteiger partial charge >= 0.3 is 0 Å². The number of benzene rings is 4. The molecule has 0 amide bonds. The zero-order valence-electron chi connectivity index (χ0n) is 26.8. The van der Waals surface area contributed by atoms with Crippen LogP contribution in [0.3, 0.4) is 0 Å². The molecule has 10 nitrogen and oxygen atoms in total. The Kier molecular flexibility index (Phi) is 7.92. The average molecular weight is 629 g/mol. The highest BCUT2D eigenvalue weighted by molar-refractivity contribution is 5.84. The summed E-state index contributed by atoms with van der Waals surface area (Å²) < 4.78 is 33.0. The molecular weight excluding hydrogens is 592 g/mol. The van der Waals surface area contributed by atoms with Gasteiger partial charge in [-0.25, -0.2) is 0 Å². The van der Waals surface area contributed by atoms with E-state index in [9.17, 15) is 0 Å². The van der Waals surface area contributed by atoms with Crippen molar-refractivity contribution in [1.29, 1.82) is 0 Å². The second-order valence-corrected chi connectivity index (χ2v) is 11.3. The number of rotatable bonds is 6. The molecule has 0 atom stereocenters. The molecule has 2 aliphatic carbocycles. The van der Waals surface area contributed by atoms with Gasteiger partial charge in [-0.3, -0.25) is 0 Å². The molecule has 4 aromatic rings. The fourth-order valence-corrected chi connectivity index (χ4v) is 6.86. The molecule has 4 aromatic carbocycles. The SMILES string of the molecule is COc1cc2c(cc1OC)-c1c(OC)cc3c(c1CC2)OOC3.COc1cc2c(cc1OC)-c1c(OC)cc3c(c1CC2)OOC3. The molecule has 10 heteroatoms. The maximum atomic E-state index is 5.64. The average Bonchev–Trinajstić information content (AvgIpc) is 3.79. The predicted octanol–water partition coefficient (Wildman–Crippen LogP) is 6.60. The number of ether oxygens (including phenoxy) is 6. The fourth-order valence-electron chi connectivity index (χ4n) is 6.86. The molecule has 0 spiro atoms. The number of hydrogen-bond acceptors (Lipinski definition) is 10. The standard InChI is InChI=1S/2C18H18O5/c2*1-19-14-6-10-4-5-12-17(13(10)8-15(14)20-2)16(21-3)7-11-9-22-23-18(11)12/h2*6-8H,4-5,9H2,1-3H3. The highest BCUT2D eigenvalue weighted by atomic mass is 17.2. The molecule has 0 aromatic heterocycles. The van der Waals surface area contributed by atoms with Crippen molar-refractivity contribution in [3.63, 3.8) is 0 Å². The third kappa shape index (κ3) is 4.80. The molecule has 2 aliphatic heterocycles. The first-order chi connectivity index (χ1) is 22.5. The Morgan fingerprint density at radius 1 is 0.413 bits per heavy atom. The summed E-state index contributed by atoms with van der Waals surface area (Å²) in [6, 6.07) is 12.1. The summed E-state index contributed by atoms with van der Waals surface area (Å²) >= 11 is 0. The minimum atomic E-state index is 0.456. The van der Waals surface area contributed by atoms with Crippen molar-refractivity contribution in [2.45, 2.75) is 38.9 Å². The van der Waals surface area contributed by atoms with Crippen molar-refractivity contribution in [2.75, 3.05) is 42.7 Å². The van der Waals surface area contributed by atoms with Crippen LogP contribution >= 0.6 is 0 Å². The van der Waals surface area contributed by atoms with Crippen LogP contribution in [0.15, 0.2) is 36.4 Å². The largest absolute Gasteiger partial charge is 0.496 e. The molecule has 2 heterocycles. The number of fused-ring (bicyclic) bond motifs is 10. The molecule has 240 valence electrons. The van der Waals surface area contributed by atoms with E-state index in [0.717, 1.165) is 105 Å². The van der Waals surface area contributed by atoms with Crippen LogP contribution in [-0.2, 0) is 48.7 Å². The van der Waals surface area contributed by atoms with Crippen LogP contribution in [0, 0.1) is 0 Å². The van der Waals surface area contributed by atoms with Gasteiger partial charge in [-0.15, -0.1) is 0 Å². The van der Waals surface area contributed by atoms with E-state index < -0.39 is 0 Å². The van der Waals surface area contributed by atoms with Crippen molar-refractivity contribution in [3.8, 4) is 68.2 Å². The molecule has 0 bridgehead atoms. The highest BCUT2D eigenvalue weighted by Gasteiger charge is 2.32. The third-order valence-corrected chi connectivity index (χ3v) is 9.04. The van der Waals surface area contributed by atoms with Crippen molar-refractivity contribution in [3.05, 3.63) is 69.8 Å². The highest BCUT2D eigenvalue weighted by Crippen LogP contribution is 2.51. The Hall–Kier alpha value is -4.80. The van der Waals surface area contributed by atoms with E-state index >= 15 is 0 Å². The quantitative estimate of drug-likeness (QED) is 0.217. The van der Waals surface area contributed by atoms with Crippen LogP contribution in [0.5, 0.6) is 46.0 Å². The van der Waals surface area contributed by atoms with E-state index in [4.69, 9.17) is 48.0 Å². The van der Waals surface area contributed by atoms with E-state index in [0.29, 0.717) is 24.7 Å². The summed E-state index contributed by atoms with van der Waals surface area (Å²) in [5.74, 6) is 6.24. The third-order valence-electron chi connectivity index (χ3n) is 9.04. The zero-order valence-corrected chi connectivity index (χ0v) is 26.8. The minimum absolute atomic E-state index is 0.456. The summed E-state index contributed by atoms with van der Waals surface area (Å²) in [5.41, 5.74) is 11.1. The van der Waals surface area contributed by atoms with E-state index in [1.54, 1.807) is 42.7 Å². The summed E-state index contributed by atoms with van der Waals surface area (Å²) in [4.78, 5) is 21.1. The van der Waals surface area contributed by atoms with Gasteiger partial charge in [0.05, 0.1) is 42.7 Å². The van der Waals surface area contributed by atoms with Gasteiger partial charge in [0.1, 0.15) is 24.7 Å². The van der Waals surface area contributed by atoms with E-state index in [2.05, 4.69) is 0 Å². The summed E-state index contributed by atoms with van der Waals surface area (Å²) in [7, 11) is 9.97. The topological polar surface area (TPSA) is 92.3 Å². The molecule has 0 fully saturated rings. The number of aryl methyl sites for hydroxylation is 2. The normalized spacial score (nSPS) is 14.4. The Balaban J connectivity index is 0.000000147. The van der Waals surface area contributed by atoms with E-state index in [1.807, 2.05) is 36.4 Å². The molecule has 4 aliphatic rings. The molecule has 8 rings (SSSR count). The summed E-state index contributed by atoms with van der Waals surface area (Å²) in [6.07, 6.45) is 3.57. The molecular formula is C36H36O10. The zero-order chi connectivity index (χ0) is 31.9. The van der Waals surface area contributed by atoms with Crippen LogP contribution in [0.4, 0.5) is 0 Å². The van der Waals surface area contributed by atoms with Gasteiger partial charge in [-0.2, -0.15) is 9.78 Å². The maximum absolute atomic E-state index is 5.64. The van der Waals surface area contributed by atoms with Crippen LogP contribution in [0.1, 0.15) is 33.4 Å². The summed E-state index contributed by atoms with van der Waals surface area (Å²) in [6.45, 7) is 0.912. The first-order valence-electron chi connectivity index (χ1n) is 15.1. The molecule has 0 unspecified atom stereocenters. The van der Waals surface area contributed by atoms with Gasteiger partial charge in [-0.05, 0) is 84.3 Å². The number of methoxy groups -OCH3 is 6. The molecule has 46 heavy (non-hydrogen) atoms. The first kappa shape index (κ1) is 29.9. The smallest absolute Gasteiger partial charge is 0.175 e. The van der Waals surface area contributed by atoms with Crippen LogP contribution in [0.25, 0.3) is 22.3 Å². The van der Waals surface area contributed by atoms with Crippen LogP contribution < -0.4 is 38.2 Å². The lowest BCUT2D eigenvalue weighted by Gasteiger charge is -2.24. The molecule has 0 saturated carbocycles. The monoisotopic (exact) mass is 628 g/mol. The van der Waals surface area contributed by atoms with Crippen molar-refractivity contribution >= 4 is 0 Å². The van der Waals surface area contributed by atoms with Crippen LogP contribution in [0.2, 0.25) is 0 Å². The van der Waals surface area contributed by atoms with Gasteiger partial charge in [0.25, 0.3) is 0 Å². The second kappa shape index (κ2) is 12.2. The van der Waals surface area contributed by atoms with Gasteiger partial charge < -0.3 is 38.2 Å². The Labute approximate surface area is 267 Å². The van der Waals surface area contributed by atoms with Gasteiger partial charge in [0, 0.05) is 33.4 Å². The Morgan fingerprint density at radius 3 is 1.13 bits per heavy atom.